The van der Waals surface area contributed by atoms with Gasteiger partial charge in [0, 0.05) is 33.5 Å². The van der Waals surface area contributed by atoms with E-state index < -0.39 is 6.03 Å². The Kier molecular flexibility index (Phi) is 4.08. The van der Waals surface area contributed by atoms with Crippen LogP contribution in [0, 0.1) is 0 Å². The molecule has 5 N–H and O–H groups in total. The van der Waals surface area contributed by atoms with E-state index in [1.54, 1.807) is 24.3 Å². The van der Waals surface area contributed by atoms with Crippen molar-refractivity contribution in [3.05, 3.63) is 59.3 Å². The monoisotopic (exact) mass is 348 g/mol. The van der Waals surface area contributed by atoms with Crippen molar-refractivity contribution in [1.82, 2.24) is 4.98 Å². The van der Waals surface area contributed by atoms with Gasteiger partial charge in [0.05, 0.1) is 0 Å². The van der Waals surface area contributed by atoms with E-state index in [2.05, 4.69) is 15.6 Å². The highest BCUT2D eigenvalue weighted by Crippen LogP contribution is 2.30. The van der Waals surface area contributed by atoms with E-state index >= 15 is 0 Å². The number of anilines is 2. The van der Waals surface area contributed by atoms with Crippen LogP contribution < -0.4 is 16.4 Å². The van der Waals surface area contributed by atoms with Crippen LogP contribution in [0.2, 0.25) is 0 Å². The van der Waals surface area contributed by atoms with Crippen LogP contribution in [0.4, 0.5) is 16.2 Å². The zero-order chi connectivity index (χ0) is 18.1. The Morgan fingerprint density at radius 2 is 1.62 bits per heavy atom. The van der Waals surface area contributed by atoms with Crippen LogP contribution in [0.3, 0.4) is 0 Å². The third-order valence-corrected chi connectivity index (χ3v) is 4.77. The molecule has 0 saturated carbocycles. The van der Waals surface area contributed by atoms with E-state index in [4.69, 9.17) is 5.73 Å². The fraction of sp³-hybridized carbons (Fsp3) is 0.200. The zero-order valence-corrected chi connectivity index (χ0v) is 14.3. The summed E-state index contributed by atoms with van der Waals surface area (Å²) in [4.78, 5) is 26.9. The molecule has 26 heavy (non-hydrogen) atoms. The lowest BCUT2D eigenvalue weighted by atomic mass is 9.95. The number of primary amides is 1. The number of hydrogen-bond donors (Lipinski definition) is 4. The number of urea groups is 1. The molecule has 0 atom stereocenters. The topological polar surface area (TPSA) is 100 Å². The number of aromatic amines is 1. The first-order chi connectivity index (χ1) is 12.6. The van der Waals surface area contributed by atoms with Crippen LogP contribution in [-0.2, 0) is 12.8 Å². The first-order valence-corrected chi connectivity index (χ1v) is 8.71. The number of carbonyl (C=O) groups is 2. The van der Waals surface area contributed by atoms with E-state index in [-0.39, 0.29) is 5.91 Å². The minimum absolute atomic E-state index is 0.159. The van der Waals surface area contributed by atoms with E-state index in [1.165, 1.54) is 24.1 Å². The summed E-state index contributed by atoms with van der Waals surface area (Å²) in [6.07, 6.45) is 4.56. The summed E-state index contributed by atoms with van der Waals surface area (Å²) < 4.78 is 0. The van der Waals surface area contributed by atoms with Crippen LogP contribution in [0.15, 0.2) is 42.5 Å². The third-order valence-electron chi connectivity index (χ3n) is 4.77. The SMILES string of the molecule is NC(=O)Nc1ccc(NC(=O)c2ccc3[nH]c4c(c3c2)CCCC4)cc1. The van der Waals surface area contributed by atoms with Crippen molar-refractivity contribution in [2.75, 3.05) is 10.6 Å². The van der Waals surface area contributed by atoms with Crippen molar-refractivity contribution in [1.29, 1.82) is 0 Å². The van der Waals surface area contributed by atoms with Gasteiger partial charge < -0.3 is 21.4 Å². The van der Waals surface area contributed by atoms with Crippen LogP contribution in [0.25, 0.3) is 10.9 Å². The molecule has 1 aliphatic carbocycles. The highest BCUT2D eigenvalue weighted by molar-refractivity contribution is 6.06. The lowest BCUT2D eigenvalue weighted by Crippen LogP contribution is -2.19. The van der Waals surface area contributed by atoms with Gasteiger partial charge in [0.2, 0.25) is 0 Å². The van der Waals surface area contributed by atoms with Crippen LogP contribution >= 0.6 is 0 Å². The van der Waals surface area contributed by atoms with Gasteiger partial charge in [-0.25, -0.2) is 4.79 Å². The molecule has 6 heteroatoms. The lowest BCUT2D eigenvalue weighted by molar-refractivity contribution is 0.102. The van der Waals surface area contributed by atoms with Gasteiger partial charge in [0.15, 0.2) is 0 Å². The van der Waals surface area contributed by atoms with Gasteiger partial charge in [-0.05, 0) is 73.7 Å². The second kappa shape index (κ2) is 6.55. The Balaban J connectivity index is 1.55. The molecule has 0 fully saturated rings. The number of rotatable bonds is 3. The molecule has 0 unspecified atom stereocenters. The molecule has 0 bridgehead atoms. The van der Waals surface area contributed by atoms with Crippen LogP contribution in [0.1, 0.15) is 34.5 Å². The Bertz CT molecular complexity index is 989. The number of benzene rings is 2. The molecule has 2 aromatic carbocycles. The molecule has 3 aromatic rings. The number of amides is 3. The van der Waals surface area contributed by atoms with Crippen molar-refractivity contribution in [2.24, 2.45) is 5.73 Å². The Labute approximate surface area is 150 Å². The second-order valence-electron chi connectivity index (χ2n) is 6.57. The number of aromatic nitrogens is 1. The van der Waals surface area contributed by atoms with Crippen molar-refractivity contribution in [2.45, 2.75) is 25.7 Å². The first-order valence-electron chi connectivity index (χ1n) is 8.71. The smallest absolute Gasteiger partial charge is 0.316 e. The van der Waals surface area contributed by atoms with Crippen LogP contribution in [0.5, 0.6) is 0 Å². The van der Waals surface area contributed by atoms with Gasteiger partial charge in [-0.1, -0.05) is 0 Å². The van der Waals surface area contributed by atoms with Crippen molar-refractivity contribution in [3.63, 3.8) is 0 Å². The molecular formula is C20H20N4O2. The van der Waals surface area contributed by atoms with E-state index in [9.17, 15) is 9.59 Å². The Hall–Kier alpha value is -3.28. The highest BCUT2D eigenvalue weighted by atomic mass is 16.2. The molecule has 132 valence electrons. The summed E-state index contributed by atoms with van der Waals surface area (Å²) in [7, 11) is 0. The van der Waals surface area contributed by atoms with Gasteiger partial charge in [0.1, 0.15) is 0 Å². The van der Waals surface area contributed by atoms with E-state index in [0.29, 0.717) is 16.9 Å². The van der Waals surface area contributed by atoms with E-state index in [0.717, 1.165) is 23.7 Å². The molecule has 0 saturated heterocycles. The first kappa shape index (κ1) is 16.2. The highest BCUT2D eigenvalue weighted by Gasteiger charge is 2.16. The molecule has 1 aromatic heterocycles. The summed E-state index contributed by atoms with van der Waals surface area (Å²) in [5.74, 6) is -0.159. The molecule has 1 heterocycles. The molecule has 3 amide bonds. The maximum atomic E-state index is 12.6. The van der Waals surface area contributed by atoms with Gasteiger partial charge in [0.25, 0.3) is 5.91 Å². The van der Waals surface area contributed by atoms with Gasteiger partial charge in [-0.3, -0.25) is 4.79 Å². The van der Waals surface area contributed by atoms with E-state index in [1.807, 2.05) is 18.2 Å². The largest absolute Gasteiger partial charge is 0.358 e. The quantitative estimate of drug-likeness (QED) is 0.579. The third kappa shape index (κ3) is 3.13. The average molecular weight is 348 g/mol. The van der Waals surface area contributed by atoms with Crippen molar-refractivity contribution in [3.8, 4) is 0 Å². The average Bonchev–Trinajstić information content (AvgIpc) is 3.01. The summed E-state index contributed by atoms with van der Waals surface area (Å²) in [6, 6.07) is 12.0. The van der Waals surface area contributed by atoms with Crippen molar-refractivity contribution < 1.29 is 9.59 Å². The predicted octanol–water partition coefficient (Wildman–Crippen LogP) is 3.79. The number of nitrogens with one attached hydrogen (secondary N) is 3. The number of fused-ring (bicyclic) bond motifs is 3. The number of nitrogens with two attached hydrogens (primary N) is 1. The molecule has 0 spiro atoms. The summed E-state index contributed by atoms with van der Waals surface area (Å²) in [5.41, 5.74) is 10.7. The van der Waals surface area contributed by atoms with Gasteiger partial charge in [-0.15, -0.1) is 0 Å². The Morgan fingerprint density at radius 3 is 2.35 bits per heavy atom. The maximum Gasteiger partial charge on any atom is 0.316 e. The van der Waals surface area contributed by atoms with Crippen molar-refractivity contribution >= 4 is 34.2 Å². The minimum atomic E-state index is -0.620. The van der Waals surface area contributed by atoms with Gasteiger partial charge >= 0.3 is 6.03 Å². The Morgan fingerprint density at radius 1 is 0.923 bits per heavy atom. The summed E-state index contributed by atoms with van der Waals surface area (Å²) >= 11 is 0. The predicted molar refractivity (Wildman–Crippen MR) is 103 cm³/mol. The molecule has 4 rings (SSSR count). The molecule has 0 radical (unpaired) electrons. The van der Waals surface area contributed by atoms with Gasteiger partial charge in [-0.2, -0.15) is 0 Å². The molecule has 0 aliphatic heterocycles. The number of aryl methyl sites for hydroxylation is 2. The van der Waals surface area contributed by atoms with Crippen LogP contribution in [-0.4, -0.2) is 16.9 Å². The fourth-order valence-corrected chi connectivity index (χ4v) is 3.53. The molecule has 1 aliphatic rings. The summed E-state index contributed by atoms with van der Waals surface area (Å²) in [6.45, 7) is 0. The summed E-state index contributed by atoms with van der Waals surface area (Å²) in [5, 5.41) is 6.52. The number of H-pyrrole nitrogens is 1. The zero-order valence-electron chi connectivity index (χ0n) is 14.3. The lowest BCUT2D eigenvalue weighted by Gasteiger charge is -2.10. The minimum Gasteiger partial charge on any atom is -0.358 e. The number of carbonyl (C=O) groups excluding carboxylic acids is 2. The number of hydrogen-bond acceptors (Lipinski definition) is 2. The second-order valence-corrected chi connectivity index (χ2v) is 6.57. The normalized spacial score (nSPS) is 13.2. The maximum absolute atomic E-state index is 12.6. The standard InChI is InChI=1S/C20H20N4O2/c21-20(26)23-14-8-6-13(7-9-14)22-19(25)12-5-10-18-16(11-12)15-3-1-2-4-17(15)24-18/h5-11,24H,1-4H2,(H,22,25)(H3,21,23,26). The fourth-order valence-electron chi connectivity index (χ4n) is 3.53. The molecule has 6 nitrogen and oxygen atoms in total. The molecular weight excluding hydrogens is 328 g/mol.